The number of hydrogen-bond donors (Lipinski definition) is 1. The van der Waals surface area contributed by atoms with Gasteiger partial charge in [0.25, 0.3) is 0 Å². The topological polar surface area (TPSA) is 40.5 Å². The molecule has 1 atom stereocenters. The molecular formula is C13H15ClFNO2. The number of benzene rings is 1. The summed E-state index contributed by atoms with van der Waals surface area (Å²) in [5, 5.41) is 8.88. The normalized spacial score (nSPS) is 12.4. The fraction of sp³-hybridized carbons (Fsp3) is 0.308. The molecule has 0 aromatic heterocycles. The minimum Gasteiger partial charge on any atom is -0.480 e. The third-order valence-corrected chi connectivity index (χ3v) is 2.97. The van der Waals surface area contributed by atoms with E-state index in [9.17, 15) is 9.18 Å². The first-order chi connectivity index (χ1) is 8.45. The number of rotatable bonds is 6. The zero-order valence-corrected chi connectivity index (χ0v) is 10.8. The van der Waals surface area contributed by atoms with Crippen molar-refractivity contribution in [1.29, 1.82) is 0 Å². The monoisotopic (exact) mass is 271 g/mol. The number of nitrogens with zero attached hydrogens (tertiary/aromatic N) is 1. The summed E-state index contributed by atoms with van der Waals surface area (Å²) in [6.45, 7) is 5.76. The molecule has 0 saturated heterocycles. The molecule has 0 bridgehead atoms. The van der Waals surface area contributed by atoms with Gasteiger partial charge in [-0.1, -0.05) is 23.7 Å². The molecule has 1 unspecified atom stereocenters. The Morgan fingerprint density at radius 1 is 1.67 bits per heavy atom. The molecule has 18 heavy (non-hydrogen) atoms. The van der Waals surface area contributed by atoms with Crippen molar-refractivity contribution < 1.29 is 14.3 Å². The van der Waals surface area contributed by atoms with Gasteiger partial charge in [0.15, 0.2) is 0 Å². The van der Waals surface area contributed by atoms with Crippen LogP contribution in [-0.4, -0.2) is 29.1 Å². The molecule has 5 heteroatoms. The average Bonchev–Trinajstić information content (AvgIpc) is 2.31. The molecule has 0 radical (unpaired) electrons. The lowest BCUT2D eigenvalue weighted by atomic mass is 10.1. The van der Waals surface area contributed by atoms with Crippen LogP contribution in [0.1, 0.15) is 18.5 Å². The van der Waals surface area contributed by atoms with Gasteiger partial charge >= 0.3 is 5.97 Å². The van der Waals surface area contributed by atoms with Gasteiger partial charge in [0.2, 0.25) is 0 Å². The molecule has 98 valence electrons. The lowest BCUT2D eigenvalue weighted by Crippen LogP contribution is -2.32. The van der Waals surface area contributed by atoms with Gasteiger partial charge in [0.05, 0.1) is 11.6 Å². The van der Waals surface area contributed by atoms with E-state index in [-0.39, 0.29) is 17.6 Å². The Hall–Kier alpha value is -1.39. The molecular weight excluding hydrogens is 257 g/mol. The molecule has 0 aliphatic carbocycles. The maximum Gasteiger partial charge on any atom is 0.317 e. The Morgan fingerprint density at radius 2 is 2.33 bits per heavy atom. The lowest BCUT2D eigenvalue weighted by molar-refractivity contribution is -0.138. The molecule has 0 fully saturated rings. The van der Waals surface area contributed by atoms with Gasteiger partial charge in [-0.05, 0) is 24.6 Å². The highest BCUT2D eigenvalue weighted by Gasteiger charge is 2.18. The van der Waals surface area contributed by atoms with E-state index in [4.69, 9.17) is 16.7 Å². The zero-order chi connectivity index (χ0) is 13.7. The fourth-order valence-corrected chi connectivity index (χ4v) is 1.87. The van der Waals surface area contributed by atoms with Crippen molar-refractivity contribution in [3.05, 3.63) is 47.3 Å². The van der Waals surface area contributed by atoms with Crippen LogP contribution in [0.15, 0.2) is 30.9 Å². The molecule has 0 spiro atoms. The van der Waals surface area contributed by atoms with Crippen LogP contribution in [0.25, 0.3) is 0 Å². The van der Waals surface area contributed by atoms with E-state index in [1.165, 1.54) is 12.1 Å². The quantitative estimate of drug-likeness (QED) is 0.808. The van der Waals surface area contributed by atoms with Crippen molar-refractivity contribution >= 4 is 17.6 Å². The largest absolute Gasteiger partial charge is 0.480 e. The van der Waals surface area contributed by atoms with Crippen molar-refractivity contribution in [2.45, 2.75) is 13.0 Å². The third kappa shape index (κ3) is 3.82. The summed E-state index contributed by atoms with van der Waals surface area (Å²) < 4.78 is 13.1. The number of carboxylic acid groups (broad SMARTS) is 1. The zero-order valence-electron chi connectivity index (χ0n) is 10.1. The van der Waals surface area contributed by atoms with Gasteiger partial charge in [0.1, 0.15) is 5.82 Å². The maximum absolute atomic E-state index is 13.1. The van der Waals surface area contributed by atoms with Crippen LogP contribution >= 0.6 is 11.6 Å². The summed E-state index contributed by atoms with van der Waals surface area (Å²) in [5.74, 6) is -1.40. The highest BCUT2D eigenvalue weighted by molar-refractivity contribution is 6.30. The molecule has 0 saturated carbocycles. The summed E-state index contributed by atoms with van der Waals surface area (Å²) in [7, 11) is 0. The van der Waals surface area contributed by atoms with Gasteiger partial charge in [-0.2, -0.15) is 0 Å². The maximum atomic E-state index is 13.1. The van der Waals surface area contributed by atoms with Crippen molar-refractivity contribution in [1.82, 2.24) is 4.90 Å². The molecule has 1 aromatic carbocycles. The summed E-state index contributed by atoms with van der Waals surface area (Å²) >= 11 is 5.72. The first kappa shape index (κ1) is 14.7. The van der Waals surface area contributed by atoms with Crippen molar-refractivity contribution in [3.8, 4) is 0 Å². The highest BCUT2D eigenvalue weighted by atomic mass is 35.5. The van der Waals surface area contributed by atoms with Crippen LogP contribution in [-0.2, 0) is 4.79 Å². The van der Waals surface area contributed by atoms with Crippen LogP contribution in [0.2, 0.25) is 5.02 Å². The number of carboxylic acids is 1. The third-order valence-electron chi connectivity index (χ3n) is 2.68. The van der Waals surface area contributed by atoms with Crippen molar-refractivity contribution in [2.24, 2.45) is 0 Å². The van der Waals surface area contributed by atoms with E-state index in [0.717, 1.165) is 5.56 Å². The highest BCUT2D eigenvalue weighted by Crippen LogP contribution is 2.24. The lowest BCUT2D eigenvalue weighted by Gasteiger charge is -2.26. The van der Waals surface area contributed by atoms with Gasteiger partial charge in [-0.25, -0.2) is 4.39 Å². The molecule has 0 aliphatic rings. The molecule has 1 N–H and O–H groups in total. The standard InChI is InChI=1S/C13H15ClFNO2/c1-3-6-16(8-13(17)18)9(2)10-4-5-12(15)11(14)7-10/h3-5,7,9H,1,6,8H2,2H3,(H,17,18). The molecule has 3 nitrogen and oxygen atoms in total. The Morgan fingerprint density at radius 3 is 2.83 bits per heavy atom. The smallest absolute Gasteiger partial charge is 0.317 e. The minimum absolute atomic E-state index is 0.0354. The second-order valence-electron chi connectivity index (χ2n) is 3.96. The molecule has 0 heterocycles. The van der Waals surface area contributed by atoms with Crippen LogP contribution in [0.5, 0.6) is 0 Å². The number of carbonyl (C=O) groups is 1. The van der Waals surface area contributed by atoms with Crippen LogP contribution < -0.4 is 0 Å². The number of halogens is 2. The van der Waals surface area contributed by atoms with Crippen LogP contribution in [0.4, 0.5) is 4.39 Å². The van der Waals surface area contributed by atoms with Gasteiger partial charge in [-0.15, -0.1) is 6.58 Å². The van der Waals surface area contributed by atoms with E-state index >= 15 is 0 Å². The predicted octanol–water partition coefficient (Wildman–Crippen LogP) is 3.11. The predicted molar refractivity (Wildman–Crippen MR) is 69.2 cm³/mol. The number of hydrogen-bond acceptors (Lipinski definition) is 2. The van der Waals surface area contributed by atoms with Gasteiger partial charge < -0.3 is 5.11 Å². The van der Waals surface area contributed by atoms with E-state index in [0.29, 0.717) is 6.54 Å². The van der Waals surface area contributed by atoms with Gasteiger partial charge in [0, 0.05) is 12.6 Å². The fourth-order valence-electron chi connectivity index (χ4n) is 1.68. The first-order valence-electron chi connectivity index (χ1n) is 5.47. The van der Waals surface area contributed by atoms with Crippen LogP contribution in [0, 0.1) is 5.82 Å². The Labute approximate surface area is 110 Å². The Kier molecular flexibility index (Phi) is 5.31. The first-order valence-corrected chi connectivity index (χ1v) is 5.85. The van der Waals surface area contributed by atoms with E-state index in [1.54, 1.807) is 17.0 Å². The SMILES string of the molecule is C=CCN(CC(=O)O)C(C)c1ccc(F)c(Cl)c1. The minimum atomic E-state index is -0.920. The van der Waals surface area contributed by atoms with Crippen molar-refractivity contribution in [2.75, 3.05) is 13.1 Å². The van der Waals surface area contributed by atoms with E-state index < -0.39 is 11.8 Å². The average molecular weight is 272 g/mol. The summed E-state index contributed by atoms with van der Waals surface area (Å²) in [6, 6.07) is 4.21. The second-order valence-corrected chi connectivity index (χ2v) is 4.37. The summed E-state index contributed by atoms with van der Waals surface area (Å²) in [4.78, 5) is 12.5. The molecule has 1 rings (SSSR count). The van der Waals surface area contributed by atoms with Crippen LogP contribution in [0.3, 0.4) is 0 Å². The van der Waals surface area contributed by atoms with Gasteiger partial charge in [-0.3, -0.25) is 9.69 Å². The summed E-state index contributed by atoms with van der Waals surface area (Å²) in [5.41, 5.74) is 0.768. The molecule has 1 aromatic rings. The molecule has 0 amide bonds. The van der Waals surface area contributed by atoms with Crippen molar-refractivity contribution in [3.63, 3.8) is 0 Å². The summed E-state index contributed by atoms with van der Waals surface area (Å²) in [6.07, 6.45) is 1.63. The Balaban J connectivity index is 2.93. The number of aliphatic carboxylic acids is 1. The van der Waals surface area contributed by atoms with E-state index in [1.807, 2.05) is 6.92 Å². The Bertz CT molecular complexity index is 451. The van der Waals surface area contributed by atoms with E-state index in [2.05, 4.69) is 6.58 Å². The molecule has 0 aliphatic heterocycles. The second kappa shape index (κ2) is 6.52.